The van der Waals surface area contributed by atoms with Gasteiger partial charge in [0.2, 0.25) is 0 Å². The van der Waals surface area contributed by atoms with Crippen molar-refractivity contribution in [2.24, 2.45) is 0 Å². The lowest BCUT2D eigenvalue weighted by molar-refractivity contribution is -0.384. The SMILES string of the molecule is CCN(CC)c1cc(Cl)c([N+](=O)[O-])cc1F. The van der Waals surface area contributed by atoms with E-state index >= 15 is 0 Å². The van der Waals surface area contributed by atoms with E-state index in [1.54, 1.807) is 4.90 Å². The standard InChI is InChI=1S/C10H12ClFN2O2/c1-3-13(4-2)10-5-7(11)9(14(15)16)6-8(10)12/h5-6H,3-4H2,1-2H3. The van der Waals surface area contributed by atoms with Crippen LogP contribution in [-0.2, 0) is 0 Å². The summed E-state index contributed by atoms with van der Waals surface area (Å²) in [6.45, 7) is 4.97. The Kier molecular flexibility index (Phi) is 4.06. The monoisotopic (exact) mass is 246 g/mol. The van der Waals surface area contributed by atoms with Gasteiger partial charge in [0.1, 0.15) is 5.02 Å². The van der Waals surface area contributed by atoms with E-state index in [1.807, 2.05) is 13.8 Å². The van der Waals surface area contributed by atoms with Gasteiger partial charge in [-0.25, -0.2) is 4.39 Å². The van der Waals surface area contributed by atoms with Crippen molar-refractivity contribution in [2.75, 3.05) is 18.0 Å². The molecular formula is C10H12ClFN2O2. The number of hydrogen-bond donors (Lipinski definition) is 0. The lowest BCUT2D eigenvalue weighted by Gasteiger charge is -2.21. The molecule has 88 valence electrons. The minimum absolute atomic E-state index is 0.0479. The Morgan fingerprint density at radius 2 is 2.00 bits per heavy atom. The summed E-state index contributed by atoms with van der Waals surface area (Å²) in [6, 6.07) is 2.15. The van der Waals surface area contributed by atoms with Crippen LogP contribution in [0.4, 0.5) is 15.8 Å². The fourth-order valence-electron chi connectivity index (χ4n) is 1.47. The highest BCUT2D eigenvalue weighted by atomic mass is 35.5. The smallest absolute Gasteiger partial charge is 0.290 e. The van der Waals surface area contributed by atoms with Crippen molar-refractivity contribution in [3.8, 4) is 0 Å². The van der Waals surface area contributed by atoms with Gasteiger partial charge in [0.25, 0.3) is 5.69 Å². The summed E-state index contributed by atoms with van der Waals surface area (Å²) in [4.78, 5) is 11.6. The summed E-state index contributed by atoms with van der Waals surface area (Å²) in [5, 5.41) is 10.5. The maximum Gasteiger partial charge on any atom is 0.290 e. The van der Waals surface area contributed by atoms with Crippen LogP contribution >= 0.6 is 11.6 Å². The first-order chi connectivity index (χ1) is 7.51. The molecule has 0 aromatic heterocycles. The molecule has 0 spiro atoms. The second kappa shape index (κ2) is 5.12. The van der Waals surface area contributed by atoms with E-state index in [2.05, 4.69) is 0 Å². The highest BCUT2D eigenvalue weighted by Crippen LogP contribution is 2.31. The number of nitrogens with zero attached hydrogens (tertiary/aromatic N) is 2. The van der Waals surface area contributed by atoms with Crippen molar-refractivity contribution < 1.29 is 9.31 Å². The average molecular weight is 247 g/mol. The highest BCUT2D eigenvalue weighted by Gasteiger charge is 2.19. The van der Waals surface area contributed by atoms with Gasteiger partial charge in [0, 0.05) is 13.1 Å². The number of nitro groups is 1. The molecule has 0 saturated carbocycles. The predicted octanol–water partition coefficient (Wildman–Crippen LogP) is 3.23. The predicted molar refractivity (Wildman–Crippen MR) is 61.6 cm³/mol. The molecule has 0 fully saturated rings. The molecule has 0 N–H and O–H groups in total. The molecule has 4 nitrogen and oxygen atoms in total. The third-order valence-corrected chi connectivity index (χ3v) is 2.62. The summed E-state index contributed by atoms with van der Waals surface area (Å²) in [5.74, 6) is -0.625. The lowest BCUT2D eigenvalue weighted by Crippen LogP contribution is -2.23. The summed E-state index contributed by atoms with van der Waals surface area (Å²) in [6.07, 6.45) is 0. The fraction of sp³-hybridized carbons (Fsp3) is 0.400. The number of rotatable bonds is 4. The van der Waals surface area contributed by atoms with Crippen molar-refractivity contribution in [1.82, 2.24) is 0 Å². The number of nitro benzene ring substituents is 1. The quantitative estimate of drug-likeness (QED) is 0.605. The van der Waals surface area contributed by atoms with Gasteiger partial charge in [-0.15, -0.1) is 0 Å². The Labute approximate surface area is 97.8 Å². The second-order valence-corrected chi connectivity index (χ2v) is 3.59. The molecule has 0 heterocycles. The van der Waals surface area contributed by atoms with Gasteiger partial charge in [-0.05, 0) is 19.9 Å². The molecule has 0 saturated heterocycles. The fourth-order valence-corrected chi connectivity index (χ4v) is 1.70. The molecule has 0 amide bonds. The summed E-state index contributed by atoms with van der Waals surface area (Å²) in [5.41, 5.74) is -0.115. The normalized spacial score (nSPS) is 10.2. The molecule has 1 rings (SSSR count). The largest absolute Gasteiger partial charge is 0.370 e. The van der Waals surface area contributed by atoms with Crippen molar-refractivity contribution in [3.05, 3.63) is 33.1 Å². The number of benzene rings is 1. The van der Waals surface area contributed by atoms with E-state index in [0.29, 0.717) is 18.8 Å². The van der Waals surface area contributed by atoms with Crippen LogP contribution in [0.5, 0.6) is 0 Å². The number of halogens is 2. The van der Waals surface area contributed by atoms with E-state index in [-0.39, 0.29) is 5.02 Å². The molecule has 1 aromatic carbocycles. The molecule has 0 aliphatic carbocycles. The van der Waals surface area contributed by atoms with Crippen LogP contribution in [0.15, 0.2) is 12.1 Å². The summed E-state index contributed by atoms with van der Waals surface area (Å²) < 4.78 is 13.6. The lowest BCUT2D eigenvalue weighted by atomic mass is 10.2. The Balaban J connectivity index is 3.24. The topological polar surface area (TPSA) is 46.4 Å². The molecular weight excluding hydrogens is 235 g/mol. The van der Waals surface area contributed by atoms with E-state index in [4.69, 9.17) is 11.6 Å². The van der Waals surface area contributed by atoms with Crippen molar-refractivity contribution in [1.29, 1.82) is 0 Å². The minimum Gasteiger partial charge on any atom is -0.370 e. The molecule has 0 radical (unpaired) electrons. The molecule has 0 aliphatic rings. The van der Waals surface area contributed by atoms with Gasteiger partial charge < -0.3 is 4.90 Å². The molecule has 0 bridgehead atoms. The Morgan fingerprint density at radius 3 is 2.44 bits per heavy atom. The van der Waals surface area contributed by atoms with Gasteiger partial charge in [-0.2, -0.15) is 0 Å². The van der Waals surface area contributed by atoms with Crippen LogP contribution < -0.4 is 4.90 Å². The molecule has 16 heavy (non-hydrogen) atoms. The Hall–Kier alpha value is -1.36. The summed E-state index contributed by atoms with van der Waals surface area (Å²) >= 11 is 5.72. The van der Waals surface area contributed by atoms with E-state index < -0.39 is 16.4 Å². The summed E-state index contributed by atoms with van der Waals surface area (Å²) in [7, 11) is 0. The van der Waals surface area contributed by atoms with Crippen molar-refractivity contribution in [3.63, 3.8) is 0 Å². The van der Waals surface area contributed by atoms with Crippen LogP contribution in [-0.4, -0.2) is 18.0 Å². The zero-order valence-corrected chi connectivity index (χ0v) is 9.79. The third kappa shape index (κ3) is 2.41. The molecule has 0 atom stereocenters. The van der Waals surface area contributed by atoms with Gasteiger partial charge >= 0.3 is 0 Å². The first kappa shape index (κ1) is 12.7. The number of hydrogen-bond acceptors (Lipinski definition) is 3. The molecule has 0 unspecified atom stereocenters. The second-order valence-electron chi connectivity index (χ2n) is 3.18. The number of anilines is 1. The zero-order valence-electron chi connectivity index (χ0n) is 9.04. The maximum absolute atomic E-state index is 13.6. The van der Waals surface area contributed by atoms with Gasteiger partial charge in [-0.3, -0.25) is 10.1 Å². The van der Waals surface area contributed by atoms with Crippen molar-refractivity contribution in [2.45, 2.75) is 13.8 Å². The van der Waals surface area contributed by atoms with E-state index in [9.17, 15) is 14.5 Å². The zero-order chi connectivity index (χ0) is 12.3. The van der Waals surface area contributed by atoms with Crippen LogP contribution in [0.1, 0.15) is 13.8 Å². The first-order valence-corrected chi connectivity index (χ1v) is 5.27. The molecule has 1 aromatic rings. The maximum atomic E-state index is 13.6. The molecule has 6 heteroatoms. The van der Waals surface area contributed by atoms with Gasteiger partial charge in [0.05, 0.1) is 16.7 Å². The van der Waals surface area contributed by atoms with Crippen LogP contribution in [0.25, 0.3) is 0 Å². The Bertz CT molecular complexity index is 408. The third-order valence-electron chi connectivity index (χ3n) is 2.32. The van der Waals surface area contributed by atoms with Gasteiger partial charge in [-0.1, -0.05) is 11.6 Å². The van der Waals surface area contributed by atoms with Crippen LogP contribution in [0, 0.1) is 15.9 Å². The average Bonchev–Trinajstić information content (AvgIpc) is 2.23. The van der Waals surface area contributed by atoms with Gasteiger partial charge in [0.15, 0.2) is 5.82 Å². The van der Waals surface area contributed by atoms with E-state index in [0.717, 1.165) is 6.07 Å². The molecule has 0 aliphatic heterocycles. The Morgan fingerprint density at radius 1 is 1.44 bits per heavy atom. The van der Waals surface area contributed by atoms with E-state index in [1.165, 1.54) is 6.07 Å². The van der Waals surface area contributed by atoms with Crippen molar-refractivity contribution >= 4 is 23.0 Å². The van der Waals surface area contributed by atoms with Crippen LogP contribution in [0.3, 0.4) is 0 Å². The highest BCUT2D eigenvalue weighted by molar-refractivity contribution is 6.32. The minimum atomic E-state index is -0.697. The first-order valence-electron chi connectivity index (χ1n) is 4.89. The van der Waals surface area contributed by atoms with Crippen LogP contribution in [0.2, 0.25) is 5.02 Å².